The van der Waals surface area contributed by atoms with Crippen molar-refractivity contribution < 1.29 is 9.53 Å². The number of amides is 1. The minimum atomic E-state index is -0.630. The number of carbonyl (C=O) groups is 1. The van der Waals surface area contributed by atoms with Crippen LogP contribution in [0.4, 0.5) is 0 Å². The van der Waals surface area contributed by atoms with E-state index in [0.717, 1.165) is 24.3 Å². The fourth-order valence-electron chi connectivity index (χ4n) is 3.36. The zero-order valence-corrected chi connectivity index (χ0v) is 15.6. The second kappa shape index (κ2) is 8.37. The molecule has 1 aliphatic heterocycles. The number of ether oxygens (including phenoxy) is 1. The summed E-state index contributed by atoms with van der Waals surface area (Å²) in [5, 5.41) is 0. The number of likely N-dealkylation sites (tertiary alicyclic amines) is 1. The fourth-order valence-corrected chi connectivity index (χ4v) is 3.36. The molecule has 26 heavy (non-hydrogen) atoms. The molecule has 4 heteroatoms. The number of benzene rings is 2. The van der Waals surface area contributed by atoms with Crippen LogP contribution in [0.5, 0.6) is 5.75 Å². The summed E-state index contributed by atoms with van der Waals surface area (Å²) in [4.78, 5) is 15.1. The number of hydrogen-bond acceptors (Lipinski definition) is 3. The quantitative estimate of drug-likeness (QED) is 0.862. The Balaban J connectivity index is 1.85. The Hall–Kier alpha value is -2.33. The molecule has 0 spiro atoms. The van der Waals surface area contributed by atoms with Crippen LogP contribution in [0.1, 0.15) is 43.4 Å². The highest BCUT2D eigenvalue weighted by molar-refractivity contribution is 5.83. The minimum absolute atomic E-state index is 0.0158. The van der Waals surface area contributed by atoms with Crippen molar-refractivity contribution in [3.05, 3.63) is 65.7 Å². The number of nitrogens with zero attached hydrogens (tertiary/aromatic N) is 1. The molecule has 0 aromatic heterocycles. The number of hydrogen-bond donors (Lipinski definition) is 1. The predicted molar refractivity (Wildman–Crippen MR) is 104 cm³/mol. The van der Waals surface area contributed by atoms with Gasteiger partial charge in [0, 0.05) is 18.7 Å². The maximum absolute atomic E-state index is 13.2. The van der Waals surface area contributed by atoms with Crippen LogP contribution in [0.2, 0.25) is 0 Å². The molecule has 2 N–H and O–H groups in total. The lowest BCUT2D eigenvalue weighted by atomic mass is 10.0. The number of nitrogens with two attached hydrogens (primary N) is 1. The van der Waals surface area contributed by atoms with Crippen LogP contribution in [-0.4, -0.2) is 30.4 Å². The second-order valence-electron chi connectivity index (χ2n) is 7.31. The van der Waals surface area contributed by atoms with Gasteiger partial charge in [0.1, 0.15) is 5.75 Å². The average molecular weight is 352 g/mol. The molecular weight excluding hydrogens is 324 g/mol. The highest BCUT2D eigenvalue weighted by atomic mass is 16.5. The summed E-state index contributed by atoms with van der Waals surface area (Å²) < 4.78 is 6.21. The van der Waals surface area contributed by atoms with Crippen molar-refractivity contribution >= 4 is 5.91 Å². The lowest BCUT2D eigenvalue weighted by Crippen LogP contribution is -2.36. The van der Waals surface area contributed by atoms with Crippen LogP contribution >= 0.6 is 0 Å². The number of rotatable bonds is 6. The maximum atomic E-state index is 13.2. The lowest BCUT2D eigenvalue weighted by Gasteiger charge is -2.25. The van der Waals surface area contributed by atoms with Gasteiger partial charge in [0.05, 0.1) is 0 Å². The molecule has 1 fully saturated rings. The molecular formula is C22H28N2O2. The molecule has 0 saturated carbocycles. The van der Waals surface area contributed by atoms with Gasteiger partial charge in [0.25, 0.3) is 5.91 Å². The van der Waals surface area contributed by atoms with E-state index < -0.39 is 6.10 Å². The van der Waals surface area contributed by atoms with E-state index in [0.29, 0.717) is 24.9 Å². The summed E-state index contributed by atoms with van der Waals surface area (Å²) in [6, 6.07) is 17.7. The van der Waals surface area contributed by atoms with Gasteiger partial charge >= 0.3 is 0 Å². The Morgan fingerprint density at radius 1 is 1.15 bits per heavy atom. The van der Waals surface area contributed by atoms with Crippen molar-refractivity contribution in [1.82, 2.24) is 4.90 Å². The Bertz CT molecular complexity index is 730. The van der Waals surface area contributed by atoms with Crippen LogP contribution in [0.25, 0.3) is 0 Å². The Labute approximate surface area is 156 Å². The molecule has 0 radical (unpaired) electrons. The van der Waals surface area contributed by atoms with Crippen LogP contribution in [0.3, 0.4) is 0 Å². The van der Waals surface area contributed by atoms with Crippen LogP contribution in [0.15, 0.2) is 54.6 Å². The van der Waals surface area contributed by atoms with E-state index in [1.807, 2.05) is 53.4 Å². The van der Waals surface area contributed by atoms with Crippen molar-refractivity contribution in [2.45, 2.75) is 32.3 Å². The summed E-state index contributed by atoms with van der Waals surface area (Å²) in [5.74, 6) is 1.54. The monoisotopic (exact) mass is 352 g/mol. The third-order valence-electron chi connectivity index (χ3n) is 5.04. The Kier molecular flexibility index (Phi) is 5.94. The van der Waals surface area contributed by atoms with Crippen LogP contribution < -0.4 is 10.5 Å². The molecule has 2 aromatic carbocycles. The third kappa shape index (κ3) is 4.25. The molecule has 0 bridgehead atoms. The Morgan fingerprint density at radius 3 is 2.54 bits per heavy atom. The van der Waals surface area contributed by atoms with Gasteiger partial charge in [0.2, 0.25) is 6.10 Å². The first-order chi connectivity index (χ1) is 12.6. The zero-order chi connectivity index (χ0) is 18.5. The predicted octanol–water partition coefficient (Wildman–Crippen LogP) is 3.74. The summed E-state index contributed by atoms with van der Waals surface area (Å²) in [6.45, 7) is 6.39. The van der Waals surface area contributed by atoms with E-state index >= 15 is 0 Å². The fraction of sp³-hybridized carbons (Fsp3) is 0.409. The van der Waals surface area contributed by atoms with E-state index in [-0.39, 0.29) is 5.91 Å². The molecule has 1 amide bonds. The third-order valence-corrected chi connectivity index (χ3v) is 5.04. The van der Waals surface area contributed by atoms with Crippen molar-refractivity contribution in [1.29, 1.82) is 0 Å². The summed E-state index contributed by atoms with van der Waals surface area (Å²) in [6.07, 6.45) is 0.335. The topological polar surface area (TPSA) is 55.6 Å². The van der Waals surface area contributed by atoms with E-state index in [4.69, 9.17) is 10.5 Å². The molecule has 138 valence electrons. The highest BCUT2D eigenvalue weighted by Crippen LogP contribution is 2.28. The van der Waals surface area contributed by atoms with Crippen molar-refractivity contribution in [3.63, 3.8) is 0 Å². The first kappa shape index (κ1) is 18.5. The molecule has 3 rings (SSSR count). The zero-order valence-electron chi connectivity index (χ0n) is 15.6. The van der Waals surface area contributed by atoms with Crippen LogP contribution in [0, 0.1) is 5.92 Å². The maximum Gasteiger partial charge on any atom is 0.268 e. The lowest BCUT2D eigenvalue weighted by molar-refractivity contribution is -0.138. The molecule has 1 saturated heterocycles. The molecule has 2 atom stereocenters. The molecule has 1 aliphatic rings. The van der Waals surface area contributed by atoms with E-state index in [1.165, 1.54) is 5.56 Å². The minimum Gasteiger partial charge on any atom is -0.476 e. The SMILES string of the molecule is CC(C)c1cccc(OC(C(=O)N2CCC(CN)C2)c2ccccc2)c1. The van der Waals surface area contributed by atoms with Gasteiger partial charge in [-0.1, -0.05) is 56.3 Å². The van der Waals surface area contributed by atoms with Gasteiger partial charge in [-0.15, -0.1) is 0 Å². The smallest absolute Gasteiger partial charge is 0.268 e. The molecule has 1 heterocycles. The van der Waals surface area contributed by atoms with E-state index in [9.17, 15) is 4.79 Å². The molecule has 0 aliphatic carbocycles. The van der Waals surface area contributed by atoms with E-state index in [2.05, 4.69) is 19.9 Å². The van der Waals surface area contributed by atoms with Crippen molar-refractivity contribution in [3.8, 4) is 5.75 Å². The normalized spacial score (nSPS) is 18.2. The number of carbonyl (C=O) groups excluding carboxylic acids is 1. The van der Waals surface area contributed by atoms with Gasteiger partial charge in [0.15, 0.2) is 0 Å². The average Bonchev–Trinajstić information content (AvgIpc) is 3.16. The largest absolute Gasteiger partial charge is 0.476 e. The molecule has 2 unspecified atom stereocenters. The van der Waals surface area contributed by atoms with Gasteiger partial charge < -0.3 is 15.4 Å². The van der Waals surface area contributed by atoms with E-state index in [1.54, 1.807) is 0 Å². The first-order valence-electron chi connectivity index (χ1n) is 9.39. The van der Waals surface area contributed by atoms with Gasteiger partial charge in [-0.2, -0.15) is 0 Å². The Morgan fingerprint density at radius 2 is 1.88 bits per heavy atom. The summed E-state index contributed by atoms with van der Waals surface area (Å²) >= 11 is 0. The van der Waals surface area contributed by atoms with Crippen LogP contribution in [-0.2, 0) is 4.79 Å². The highest BCUT2D eigenvalue weighted by Gasteiger charge is 2.32. The summed E-state index contributed by atoms with van der Waals surface area (Å²) in [7, 11) is 0. The standard InChI is InChI=1S/C22H28N2O2/c1-16(2)19-9-6-10-20(13-19)26-21(18-7-4-3-5-8-18)22(25)24-12-11-17(14-23)15-24/h3-10,13,16-17,21H,11-12,14-15,23H2,1-2H3. The van der Waals surface area contributed by atoms with Gasteiger partial charge in [-0.3, -0.25) is 4.79 Å². The second-order valence-corrected chi connectivity index (χ2v) is 7.31. The summed E-state index contributed by atoms with van der Waals surface area (Å²) in [5.41, 5.74) is 7.86. The van der Waals surface area contributed by atoms with Gasteiger partial charge in [-0.05, 0) is 42.5 Å². The molecule has 2 aromatic rings. The van der Waals surface area contributed by atoms with Gasteiger partial charge in [-0.25, -0.2) is 0 Å². The van der Waals surface area contributed by atoms with Crippen molar-refractivity contribution in [2.75, 3.05) is 19.6 Å². The molecule has 4 nitrogen and oxygen atoms in total. The first-order valence-corrected chi connectivity index (χ1v) is 9.39. The van der Waals surface area contributed by atoms with Crippen molar-refractivity contribution in [2.24, 2.45) is 11.7 Å².